The van der Waals surface area contributed by atoms with Crippen LogP contribution in [-0.4, -0.2) is 43.6 Å². The van der Waals surface area contributed by atoms with E-state index in [-0.39, 0.29) is 22.3 Å². The lowest BCUT2D eigenvalue weighted by molar-refractivity contribution is -0.386. The lowest BCUT2D eigenvalue weighted by Gasteiger charge is -2.36. The molecule has 150 valence electrons. The first kappa shape index (κ1) is 20.3. The maximum Gasteiger partial charge on any atom is 0.310 e. The van der Waals surface area contributed by atoms with Gasteiger partial charge in [0.15, 0.2) is 9.84 Å². The Morgan fingerprint density at radius 3 is 2.32 bits per heavy atom. The second kappa shape index (κ2) is 8.28. The summed E-state index contributed by atoms with van der Waals surface area (Å²) in [7, 11) is -3.68. The third-order valence-electron chi connectivity index (χ3n) is 5.30. The van der Waals surface area contributed by atoms with Crippen LogP contribution < -0.4 is 5.32 Å². The van der Waals surface area contributed by atoms with Gasteiger partial charge >= 0.3 is 5.69 Å². The Morgan fingerprint density at radius 2 is 1.75 bits per heavy atom. The standard InChI is InChI=1S/C20H25N3O4S/c1-15(16-7-4-3-5-8-16)22-13-11-17(12-14-22)21-18-9-6-10-19(28(2,26)27)20(18)23(24)25/h3-10,15,17,21H,11-14H2,1-2H3. The van der Waals surface area contributed by atoms with E-state index in [1.807, 2.05) is 18.2 Å². The third-order valence-corrected chi connectivity index (χ3v) is 6.43. The zero-order valence-corrected chi connectivity index (χ0v) is 16.9. The fraction of sp³-hybridized carbons (Fsp3) is 0.400. The van der Waals surface area contributed by atoms with E-state index in [0.717, 1.165) is 32.2 Å². The van der Waals surface area contributed by atoms with Crippen molar-refractivity contribution >= 4 is 21.2 Å². The number of para-hydroxylation sites is 1. The number of nitro benzene ring substituents is 1. The monoisotopic (exact) mass is 403 g/mol. The van der Waals surface area contributed by atoms with E-state index in [1.54, 1.807) is 12.1 Å². The van der Waals surface area contributed by atoms with Gasteiger partial charge < -0.3 is 5.32 Å². The molecule has 28 heavy (non-hydrogen) atoms. The molecule has 1 heterocycles. The molecule has 0 spiro atoms. The molecule has 2 aromatic carbocycles. The molecule has 0 bridgehead atoms. The summed E-state index contributed by atoms with van der Waals surface area (Å²) in [5.74, 6) is 0. The van der Waals surface area contributed by atoms with Crippen molar-refractivity contribution in [2.24, 2.45) is 0 Å². The molecule has 0 saturated carbocycles. The van der Waals surface area contributed by atoms with Gasteiger partial charge in [0.1, 0.15) is 10.6 Å². The molecule has 0 aliphatic carbocycles. The Balaban J connectivity index is 1.71. The van der Waals surface area contributed by atoms with Gasteiger partial charge in [0.05, 0.1) is 4.92 Å². The molecule has 0 aromatic heterocycles. The van der Waals surface area contributed by atoms with E-state index < -0.39 is 14.8 Å². The van der Waals surface area contributed by atoms with Crippen molar-refractivity contribution in [3.63, 3.8) is 0 Å². The molecule has 1 aliphatic rings. The van der Waals surface area contributed by atoms with Gasteiger partial charge in [-0.2, -0.15) is 0 Å². The Morgan fingerprint density at radius 1 is 1.11 bits per heavy atom. The smallest absolute Gasteiger partial charge is 0.310 e. The molecule has 3 rings (SSSR count). The minimum Gasteiger partial charge on any atom is -0.377 e. The van der Waals surface area contributed by atoms with Crippen molar-refractivity contribution in [3.05, 3.63) is 64.2 Å². The summed E-state index contributed by atoms with van der Waals surface area (Å²) >= 11 is 0. The summed E-state index contributed by atoms with van der Waals surface area (Å²) in [6, 6.07) is 15.1. The summed E-state index contributed by atoms with van der Waals surface area (Å²) in [5.41, 5.74) is 1.16. The highest BCUT2D eigenvalue weighted by Gasteiger charge is 2.29. The van der Waals surface area contributed by atoms with Crippen LogP contribution in [0.1, 0.15) is 31.4 Å². The number of piperidine rings is 1. The van der Waals surface area contributed by atoms with Gasteiger partial charge in [-0.25, -0.2) is 8.42 Å². The zero-order chi connectivity index (χ0) is 20.3. The summed E-state index contributed by atoms with van der Waals surface area (Å²) in [6.07, 6.45) is 2.65. The Labute approximate surface area is 165 Å². The molecule has 1 saturated heterocycles. The van der Waals surface area contributed by atoms with Crippen LogP contribution in [0.15, 0.2) is 53.4 Å². The van der Waals surface area contributed by atoms with E-state index in [2.05, 4.69) is 29.3 Å². The molecule has 8 heteroatoms. The van der Waals surface area contributed by atoms with Gasteiger partial charge in [0.2, 0.25) is 0 Å². The number of benzene rings is 2. The van der Waals surface area contributed by atoms with Crippen LogP contribution in [-0.2, 0) is 9.84 Å². The topological polar surface area (TPSA) is 92.6 Å². The lowest BCUT2D eigenvalue weighted by Crippen LogP contribution is -2.40. The largest absolute Gasteiger partial charge is 0.377 e. The van der Waals surface area contributed by atoms with Gasteiger partial charge in [0, 0.05) is 31.4 Å². The molecule has 2 aromatic rings. The predicted octanol–water partition coefficient (Wildman–Crippen LogP) is 3.64. The summed E-state index contributed by atoms with van der Waals surface area (Å²) < 4.78 is 23.8. The number of likely N-dealkylation sites (tertiary alicyclic amines) is 1. The number of nitrogens with zero attached hydrogens (tertiary/aromatic N) is 2. The minimum atomic E-state index is -3.68. The van der Waals surface area contributed by atoms with E-state index in [9.17, 15) is 18.5 Å². The zero-order valence-electron chi connectivity index (χ0n) is 16.0. The highest BCUT2D eigenvalue weighted by molar-refractivity contribution is 7.90. The molecule has 1 fully saturated rings. The number of sulfone groups is 1. The first-order valence-electron chi connectivity index (χ1n) is 9.30. The Hall–Kier alpha value is -2.45. The number of rotatable bonds is 6. The summed E-state index contributed by atoms with van der Waals surface area (Å²) in [4.78, 5) is 13.0. The highest BCUT2D eigenvalue weighted by atomic mass is 32.2. The maximum absolute atomic E-state index is 11.9. The third kappa shape index (κ3) is 4.51. The molecule has 1 N–H and O–H groups in total. The first-order chi connectivity index (χ1) is 13.3. The van der Waals surface area contributed by atoms with Crippen molar-refractivity contribution in [1.82, 2.24) is 4.90 Å². The van der Waals surface area contributed by atoms with Crippen LogP contribution in [0.3, 0.4) is 0 Å². The van der Waals surface area contributed by atoms with Crippen LogP contribution in [0.25, 0.3) is 0 Å². The highest BCUT2D eigenvalue weighted by Crippen LogP contribution is 2.34. The van der Waals surface area contributed by atoms with Crippen LogP contribution in [0.2, 0.25) is 0 Å². The number of nitro groups is 1. The molecule has 1 atom stereocenters. The first-order valence-corrected chi connectivity index (χ1v) is 11.2. The van der Waals surface area contributed by atoms with Gasteiger partial charge in [-0.05, 0) is 37.5 Å². The fourth-order valence-electron chi connectivity index (χ4n) is 3.72. The minimum absolute atomic E-state index is 0.0627. The van der Waals surface area contributed by atoms with E-state index in [4.69, 9.17) is 0 Å². The molecule has 0 amide bonds. The molecule has 1 aliphatic heterocycles. The van der Waals surface area contributed by atoms with Gasteiger partial charge in [-0.15, -0.1) is 0 Å². The van der Waals surface area contributed by atoms with Crippen molar-refractivity contribution in [2.75, 3.05) is 24.7 Å². The lowest BCUT2D eigenvalue weighted by atomic mass is 10.00. The summed E-state index contributed by atoms with van der Waals surface area (Å²) in [6.45, 7) is 3.92. The molecular weight excluding hydrogens is 378 g/mol. The normalized spacial score (nSPS) is 17.2. The number of hydrogen-bond donors (Lipinski definition) is 1. The quantitative estimate of drug-likeness (QED) is 0.585. The van der Waals surface area contributed by atoms with E-state index >= 15 is 0 Å². The van der Waals surface area contributed by atoms with Gasteiger partial charge in [0.25, 0.3) is 0 Å². The van der Waals surface area contributed by atoms with Gasteiger partial charge in [-0.1, -0.05) is 36.4 Å². The molecule has 7 nitrogen and oxygen atoms in total. The molecule has 1 unspecified atom stereocenters. The van der Waals surface area contributed by atoms with Crippen LogP contribution in [0, 0.1) is 10.1 Å². The average Bonchev–Trinajstić information content (AvgIpc) is 2.67. The van der Waals surface area contributed by atoms with Crippen molar-refractivity contribution in [2.45, 2.75) is 36.7 Å². The molecular formula is C20H25N3O4S. The van der Waals surface area contributed by atoms with Crippen LogP contribution in [0.4, 0.5) is 11.4 Å². The molecule has 0 radical (unpaired) electrons. The van der Waals surface area contributed by atoms with Crippen LogP contribution in [0.5, 0.6) is 0 Å². The van der Waals surface area contributed by atoms with Crippen molar-refractivity contribution < 1.29 is 13.3 Å². The van der Waals surface area contributed by atoms with Crippen molar-refractivity contribution in [3.8, 4) is 0 Å². The Kier molecular flexibility index (Phi) is 6.00. The maximum atomic E-state index is 11.9. The Bertz CT molecular complexity index is 939. The fourth-order valence-corrected chi connectivity index (χ4v) is 4.58. The van der Waals surface area contributed by atoms with E-state index in [1.165, 1.54) is 11.6 Å². The second-order valence-corrected chi connectivity index (χ2v) is 9.21. The number of anilines is 1. The van der Waals surface area contributed by atoms with Gasteiger partial charge in [-0.3, -0.25) is 15.0 Å². The predicted molar refractivity (Wildman–Crippen MR) is 109 cm³/mol. The number of hydrogen-bond acceptors (Lipinski definition) is 6. The number of nitrogens with one attached hydrogen (secondary N) is 1. The van der Waals surface area contributed by atoms with Crippen molar-refractivity contribution in [1.29, 1.82) is 0 Å². The van der Waals surface area contributed by atoms with Crippen LogP contribution >= 0.6 is 0 Å². The van der Waals surface area contributed by atoms with E-state index in [0.29, 0.717) is 6.04 Å². The average molecular weight is 404 g/mol. The summed E-state index contributed by atoms with van der Waals surface area (Å²) in [5, 5.41) is 14.7. The SMILES string of the molecule is CC(c1ccccc1)N1CCC(Nc2cccc(S(C)(=O)=O)c2[N+](=O)[O-])CC1. The second-order valence-electron chi connectivity index (χ2n) is 7.22.